The number of fused-ring (bicyclic) bond motifs is 2. The lowest BCUT2D eigenvalue weighted by Crippen LogP contribution is -1.92. The van der Waals surface area contributed by atoms with Crippen LogP contribution in [0.1, 0.15) is 0 Å². The number of nitro benzene ring substituents is 1. The topological polar surface area (TPSA) is 73.2 Å². The monoisotopic (exact) mass is 307 g/mol. The van der Waals surface area contributed by atoms with Crippen LogP contribution in [0.3, 0.4) is 0 Å². The zero-order valence-corrected chi connectivity index (χ0v) is 12.3. The van der Waals surface area contributed by atoms with Gasteiger partial charge >= 0.3 is 0 Å². The molecule has 0 atom stereocenters. The molecule has 2 aromatic heterocycles. The molecule has 0 saturated heterocycles. The number of non-ortho nitro benzene ring substituents is 1. The summed E-state index contributed by atoms with van der Waals surface area (Å²) in [6, 6.07) is 12.5. The molecular formula is C17H13N3O3. The zero-order valence-electron chi connectivity index (χ0n) is 12.3. The lowest BCUT2D eigenvalue weighted by Gasteiger charge is -2.06. The van der Waals surface area contributed by atoms with E-state index in [-0.39, 0.29) is 11.6 Å². The van der Waals surface area contributed by atoms with Gasteiger partial charge in [0.15, 0.2) is 0 Å². The van der Waals surface area contributed by atoms with Crippen molar-refractivity contribution >= 4 is 27.4 Å². The predicted molar refractivity (Wildman–Crippen MR) is 88.1 cm³/mol. The molecule has 0 aliphatic rings. The molecule has 0 radical (unpaired) electrons. The largest absolute Gasteiger partial charge is 0.494 e. The molecule has 0 aliphatic carbocycles. The van der Waals surface area contributed by atoms with Gasteiger partial charge in [-0.2, -0.15) is 0 Å². The molecule has 0 spiro atoms. The molecule has 0 aliphatic heterocycles. The van der Waals surface area contributed by atoms with E-state index in [0.29, 0.717) is 10.8 Å². The minimum absolute atomic E-state index is 0.00254. The van der Waals surface area contributed by atoms with E-state index in [0.717, 1.165) is 16.6 Å². The van der Waals surface area contributed by atoms with E-state index in [1.165, 1.54) is 6.07 Å². The van der Waals surface area contributed by atoms with Crippen molar-refractivity contribution in [2.24, 2.45) is 7.05 Å². The van der Waals surface area contributed by atoms with E-state index in [1.807, 2.05) is 42.1 Å². The van der Waals surface area contributed by atoms with E-state index in [4.69, 9.17) is 0 Å². The molecular weight excluding hydrogens is 294 g/mol. The minimum Gasteiger partial charge on any atom is -0.494 e. The summed E-state index contributed by atoms with van der Waals surface area (Å²) < 4.78 is 3.56. The number of benzene rings is 2. The van der Waals surface area contributed by atoms with Gasteiger partial charge in [0.05, 0.1) is 21.4 Å². The Labute approximate surface area is 131 Å². The summed E-state index contributed by atoms with van der Waals surface area (Å²) in [5.41, 5.74) is 1.76. The van der Waals surface area contributed by atoms with Gasteiger partial charge in [-0.1, -0.05) is 12.1 Å². The van der Waals surface area contributed by atoms with Crippen LogP contribution in [0.2, 0.25) is 0 Å². The number of hydrogen-bond acceptors (Lipinski definition) is 3. The third-order valence-electron chi connectivity index (χ3n) is 4.16. The lowest BCUT2D eigenvalue weighted by atomic mass is 10.2. The molecule has 23 heavy (non-hydrogen) atoms. The third-order valence-corrected chi connectivity index (χ3v) is 4.16. The van der Waals surface area contributed by atoms with Gasteiger partial charge in [-0.3, -0.25) is 14.7 Å². The smallest absolute Gasteiger partial charge is 0.278 e. The van der Waals surface area contributed by atoms with Gasteiger partial charge in [-0.15, -0.1) is 0 Å². The SMILES string of the molecule is Cn1ccc2ccc(-n3cc4c([N+](=O)[O-])cccc4c3O)cc21. The predicted octanol–water partition coefficient (Wildman–Crippen LogP) is 3.74. The van der Waals surface area contributed by atoms with Crippen molar-refractivity contribution in [3.8, 4) is 11.6 Å². The average Bonchev–Trinajstić information content (AvgIpc) is 3.08. The maximum absolute atomic E-state index is 11.2. The van der Waals surface area contributed by atoms with Crippen LogP contribution in [0, 0.1) is 10.1 Å². The summed E-state index contributed by atoms with van der Waals surface area (Å²) in [5.74, 6) is -0.00254. The molecule has 6 nitrogen and oxygen atoms in total. The number of rotatable bonds is 2. The van der Waals surface area contributed by atoms with E-state index < -0.39 is 4.92 Å². The maximum atomic E-state index is 11.2. The number of nitrogens with zero attached hydrogens (tertiary/aromatic N) is 3. The van der Waals surface area contributed by atoms with E-state index >= 15 is 0 Å². The fourth-order valence-corrected chi connectivity index (χ4v) is 2.96. The molecule has 4 aromatic rings. The van der Waals surface area contributed by atoms with Crippen LogP contribution in [0.4, 0.5) is 5.69 Å². The van der Waals surface area contributed by atoms with Crippen molar-refractivity contribution in [2.75, 3.05) is 0 Å². The Hall–Kier alpha value is -3.28. The van der Waals surface area contributed by atoms with Gasteiger partial charge in [0, 0.05) is 31.0 Å². The Bertz CT molecular complexity index is 1080. The maximum Gasteiger partial charge on any atom is 0.278 e. The van der Waals surface area contributed by atoms with Crippen LogP contribution in [0.15, 0.2) is 54.9 Å². The second-order valence-corrected chi connectivity index (χ2v) is 5.49. The number of hydrogen-bond donors (Lipinski definition) is 1. The first kappa shape index (κ1) is 13.4. The minimum atomic E-state index is -0.438. The Morgan fingerprint density at radius 3 is 2.74 bits per heavy atom. The lowest BCUT2D eigenvalue weighted by molar-refractivity contribution is -0.383. The summed E-state index contributed by atoms with van der Waals surface area (Å²) in [6.45, 7) is 0. The second-order valence-electron chi connectivity index (χ2n) is 5.49. The molecule has 0 saturated carbocycles. The van der Waals surface area contributed by atoms with Crippen LogP contribution in [0.25, 0.3) is 27.4 Å². The summed E-state index contributed by atoms with van der Waals surface area (Å²) in [4.78, 5) is 10.7. The van der Waals surface area contributed by atoms with Crippen LogP contribution in [-0.2, 0) is 7.05 Å². The van der Waals surface area contributed by atoms with Crippen molar-refractivity contribution < 1.29 is 10.0 Å². The van der Waals surface area contributed by atoms with Crippen LogP contribution < -0.4 is 0 Å². The summed E-state index contributed by atoms with van der Waals surface area (Å²) in [6.07, 6.45) is 3.57. The number of aryl methyl sites for hydroxylation is 1. The van der Waals surface area contributed by atoms with Crippen molar-refractivity contribution in [2.45, 2.75) is 0 Å². The first-order chi connectivity index (χ1) is 11.1. The molecule has 1 N–H and O–H groups in total. The van der Waals surface area contributed by atoms with Crippen molar-refractivity contribution in [3.63, 3.8) is 0 Å². The Morgan fingerprint density at radius 1 is 1.13 bits per heavy atom. The molecule has 0 bridgehead atoms. The summed E-state index contributed by atoms with van der Waals surface area (Å²) >= 11 is 0. The van der Waals surface area contributed by atoms with Crippen LogP contribution >= 0.6 is 0 Å². The fourth-order valence-electron chi connectivity index (χ4n) is 2.96. The van der Waals surface area contributed by atoms with Gasteiger partial charge < -0.3 is 9.67 Å². The van der Waals surface area contributed by atoms with Gasteiger partial charge in [0.2, 0.25) is 5.88 Å². The van der Waals surface area contributed by atoms with Gasteiger partial charge in [-0.05, 0) is 29.7 Å². The van der Waals surface area contributed by atoms with Gasteiger partial charge in [-0.25, -0.2) is 0 Å². The van der Waals surface area contributed by atoms with E-state index in [2.05, 4.69) is 0 Å². The zero-order chi connectivity index (χ0) is 16.1. The van der Waals surface area contributed by atoms with Crippen molar-refractivity contribution in [1.82, 2.24) is 9.13 Å². The molecule has 0 amide bonds. The van der Waals surface area contributed by atoms with Crippen molar-refractivity contribution in [1.29, 1.82) is 0 Å². The summed E-state index contributed by atoms with van der Waals surface area (Å²) in [7, 11) is 1.95. The number of aromatic nitrogens is 2. The Balaban J connectivity index is 2.00. The van der Waals surface area contributed by atoms with Crippen LogP contribution in [0.5, 0.6) is 5.88 Å². The van der Waals surface area contributed by atoms with Gasteiger partial charge in [0.1, 0.15) is 0 Å². The highest BCUT2D eigenvalue weighted by molar-refractivity contribution is 5.96. The molecule has 114 valence electrons. The highest BCUT2D eigenvalue weighted by Crippen LogP contribution is 2.35. The molecule has 6 heteroatoms. The standard InChI is InChI=1S/C17H13N3O3/c1-18-8-7-11-5-6-12(9-16(11)18)19-10-14-13(17(19)21)3-2-4-15(14)20(22)23/h2-10,21H,1H3. The van der Waals surface area contributed by atoms with Crippen molar-refractivity contribution in [3.05, 3.63) is 65.0 Å². The average molecular weight is 307 g/mol. The summed E-state index contributed by atoms with van der Waals surface area (Å²) in [5, 5.41) is 23.6. The molecule has 2 aromatic carbocycles. The second kappa shape index (κ2) is 4.61. The van der Waals surface area contributed by atoms with Gasteiger partial charge in [0.25, 0.3) is 5.69 Å². The normalized spacial score (nSPS) is 11.3. The number of aromatic hydroxyl groups is 1. The fraction of sp³-hybridized carbons (Fsp3) is 0.0588. The first-order valence-electron chi connectivity index (χ1n) is 7.09. The third kappa shape index (κ3) is 1.88. The van der Waals surface area contributed by atoms with E-state index in [1.54, 1.807) is 22.9 Å². The molecule has 4 rings (SSSR count). The Kier molecular flexibility index (Phi) is 2.68. The molecule has 0 unspecified atom stereocenters. The highest BCUT2D eigenvalue weighted by Gasteiger charge is 2.18. The Morgan fingerprint density at radius 2 is 1.96 bits per heavy atom. The van der Waals surface area contributed by atoms with Crippen LogP contribution in [-0.4, -0.2) is 19.2 Å². The molecule has 0 fully saturated rings. The quantitative estimate of drug-likeness (QED) is 0.453. The highest BCUT2D eigenvalue weighted by atomic mass is 16.6. The van der Waals surface area contributed by atoms with E-state index in [9.17, 15) is 15.2 Å². The number of nitro groups is 1. The first-order valence-corrected chi connectivity index (χ1v) is 7.09. The molecule has 2 heterocycles.